The van der Waals surface area contributed by atoms with Gasteiger partial charge < -0.3 is 0 Å². The first kappa shape index (κ1) is 13.3. The van der Waals surface area contributed by atoms with Crippen LogP contribution in [0.4, 0.5) is 0 Å². The zero-order valence-electron chi connectivity index (χ0n) is 11.5. The van der Waals surface area contributed by atoms with Crippen molar-refractivity contribution in [3.63, 3.8) is 0 Å². The zero-order chi connectivity index (χ0) is 13.0. The van der Waals surface area contributed by atoms with Gasteiger partial charge in [-0.15, -0.1) is 0 Å². The largest absolute Gasteiger partial charge is 0.0947 e. The second-order valence-corrected chi connectivity index (χ2v) is 7.74. The summed E-state index contributed by atoms with van der Waals surface area (Å²) in [4.78, 5) is 0. The van der Waals surface area contributed by atoms with Crippen LogP contribution in [0.2, 0.25) is 0 Å². The van der Waals surface area contributed by atoms with E-state index in [1.807, 2.05) is 0 Å². The molecule has 2 aromatic rings. The molecule has 0 heterocycles. The molecule has 1 heteroatoms. The third-order valence-corrected chi connectivity index (χ3v) is 5.52. The van der Waals surface area contributed by atoms with Crippen molar-refractivity contribution in [3.8, 4) is 0 Å². The highest BCUT2D eigenvalue weighted by molar-refractivity contribution is 7.38. The molecule has 0 saturated carbocycles. The predicted octanol–water partition coefficient (Wildman–Crippen LogP) is 4.84. The van der Waals surface area contributed by atoms with E-state index < -0.39 is 0 Å². The molecular weight excluding hydrogens is 235 g/mol. The van der Waals surface area contributed by atoms with Gasteiger partial charge in [-0.25, -0.2) is 0 Å². The Bertz CT molecular complexity index is 483. The van der Waals surface area contributed by atoms with Crippen molar-refractivity contribution in [2.45, 2.75) is 32.1 Å². The second kappa shape index (κ2) is 5.67. The monoisotopic (exact) mass is 257 g/mol. The van der Waals surface area contributed by atoms with Gasteiger partial charge in [-0.3, -0.25) is 0 Å². The molecule has 1 atom stereocenters. The minimum Gasteiger partial charge on any atom is -0.0622 e. The number of aryl methyl sites for hydroxylation is 1. The molecule has 0 spiro atoms. The topological polar surface area (TPSA) is 0 Å². The molecule has 2 rings (SSSR count). The smallest absolute Gasteiger partial charge is 0.0622 e. The van der Waals surface area contributed by atoms with E-state index >= 15 is 0 Å². The summed E-state index contributed by atoms with van der Waals surface area (Å²) in [5.41, 5.74) is 4.28. The van der Waals surface area contributed by atoms with Crippen LogP contribution in [0.3, 0.4) is 0 Å². The molecule has 0 nitrogen and oxygen atoms in total. The van der Waals surface area contributed by atoms with Gasteiger partial charge in [-0.2, -0.15) is 0 Å². The molecule has 2 aromatic carbocycles. The lowest BCUT2D eigenvalue weighted by molar-refractivity contribution is 0.771. The van der Waals surface area contributed by atoms with Crippen LogP contribution >= 0.6 is 8.58 Å². The van der Waals surface area contributed by atoms with E-state index in [0.29, 0.717) is 13.7 Å². The minimum absolute atomic E-state index is 0.326. The van der Waals surface area contributed by atoms with Crippen molar-refractivity contribution in [1.82, 2.24) is 0 Å². The molecule has 18 heavy (non-hydrogen) atoms. The maximum Gasteiger partial charge on any atom is 0.0947 e. The first-order valence-corrected chi connectivity index (χ1v) is 7.93. The first-order valence-electron chi connectivity index (χ1n) is 6.53. The van der Waals surface area contributed by atoms with Crippen molar-refractivity contribution in [1.29, 1.82) is 0 Å². The van der Waals surface area contributed by atoms with Crippen molar-refractivity contribution >= 4 is 8.58 Å². The van der Waals surface area contributed by atoms with E-state index in [-0.39, 0.29) is 0 Å². The lowest BCUT2D eigenvalue weighted by Crippen LogP contribution is -2.10. The van der Waals surface area contributed by atoms with E-state index in [1.165, 1.54) is 22.9 Å². The SMILES string of the molecule is Cc1ccc(C[PH2+]C(C)(C)c2ccccc2)cc1. The van der Waals surface area contributed by atoms with Gasteiger partial charge in [0.2, 0.25) is 0 Å². The Kier molecular flexibility index (Phi) is 4.19. The van der Waals surface area contributed by atoms with Crippen molar-refractivity contribution in [3.05, 3.63) is 71.3 Å². The Morgan fingerprint density at radius 2 is 1.50 bits per heavy atom. The van der Waals surface area contributed by atoms with Gasteiger partial charge in [0.1, 0.15) is 0 Å². The molecule has 0 amide bonds. The van der Waals surface area contributed by atoms with E-state index in [9.17, 15) is 0 Å². The van der Waals surface area contributed by atoms with Crippen LogP contribution in [-0.4, -0.2) is 0 Å². The number of hydrogen-bond donors (Lipinski definition) is 0. The van der Waals surface area contributed by atoms with Crippen LogP contribution in [0.25, 0.3) is 0 Å². The molecule has 0 aliphatic carbocycles. The van der Waals surface area contributed by atoms with Crippen LogP contribution < -0.4 is 0 Å². The standard InChI is InChI=1S/C17H21P/c1-14-9-11-15(12-10-14)13-18-17(2,3)16-7-5-4-6-8-16/h4-12,18H,13H2,1-3H3/p+1. The zero-order valence-corrected chi connectivity index (χ0v) is 12.6. The van der Waals surface area contributed by atoms with Gasteiger partial charge >= 0.3 is 0 Å². The molecule has 0 aliphatic rings. The van der Waals surface area contributed by atoms with Gasteiger partial charge in [0.25, 0.3) is 0 Å². The average molecular weight is 257 g/mol. The quantitative estimate of drug-likeness (QED) is 0.687. The Hall–Kier alpha value is -1.13. The average Bonchev–Trinajstić information content (AvgIpc) is 2.39. The maximum atomic E-state index is 2.37. The molecular formula is C17H22P+. The molecule has 0 radical (unpaired) electrons. The Morgan fingerprint density at radius 3 is 2.11 bits per heavy atom. The van der Waals surface area contributed by atoms with Gasteiger partial charge in [0.05, 0.1) is 11.3 Å². The summed E-state index contributed by atoms with van der Waals surface area (Å²) in [6, 6.07) is 19.8. The fraction of sp³-hybridized carbons (Fsp3) is 0.294. The molecule has 0 aliphatic heterocycles. The van der Waals surface area contributed by atoms with E-state index in [1.54, 1.807) is 0 Å². The lowest BCUT2D eigenvalue weighted by atomic mass is 10.0. The first-order chi connectivity index (χ1) is 8.58. The van der Waals surface area contributed by atoms with Crippen molar-refractivity contribution < 1.29 is 0 Å². The van der Waals surface area contributed by atoms with Crippen LogP contribution in [0, 0.1) is 6.92 Å². The molecule has 0 bridgehead atoms. The molecule has 94 valence electrons. The third-order valence-electron chi connectivity index (χ3n) is 3.49. The number of benzene rings is 2. The summed E-state index contributed by atoms with van der Waals surface area (Å²) < 4.78 is 0. The van der Waals surface area contributed by atoms with Gasteiger partial charge in [0.15, 0.2) is 0 Å². The van der Waals surface area contributed by atoms with Crippen LogP contribution in [0.5, 0.6) is 0 Å². The van der Waals surface area contributed by atoms with Crippen LogP contribution in [-0.2, 0) is 11.3 Å². The normalized spacial score (nSPS) is 12.2. The summed E-state index contributed by atoms with van der Waals surface area (Å²) in [5.74, 6) is 0. The molecule has 0 N–H and O–H groups in total. The maximum absolute atomic E-state index is 2.37. The second-order valence-electron chi connectivity index (χ2n) is 5.48. The summed E-state index contributed by atoms with van der Waals surface area (Å²) in [6.07, 6.45) is 1.22. The minimum atomic E-state index is 0.326. The highest BCUT2D eigenvalue weighted by atomic mass is 31.1. The lowest BCUT2D eigenvalue weighted by Gasteiger charge is -2.19. The molecule has 0 saturated heterocycles. The fourth-order valence-corrected chi connectivity index (χ4v) is 3.53. The molecule has 0 fully saturated rings. The van der Waals surface area contributed by atoms with Crippen LogP contribution in [0.15, 0.2) is 54.6 Å². The van der Waals surface area contributed by atoms with Crippen molar-refractivity contribution in [2.75, 3.05) is 0 Å². The highest BCUT2D eigenvalue weighted by Gasteiger charge is 2.25. The van der Waals surface area contributed by atoms with E-state index in [0.717, 1.165) is 0 Å². The van der Waals surface area contributed by atoms with Crippen LogP contribution in [0.1, 0.15) is 30.5 Å². The Labute approximate surface area is 112 Å². The summed E-state index contributed by atoms with van der Waals surface area (Å²) >= 11 is 0. The highest BCUT2D eigenvalue weighted by Crippen LogP contribution is 2.42. The fourth-order valence-electron chi connectivity index (χ4n) is 2.08. The molecule has 1 unspecified atom stereocenters. The van der Waals surface area contributed by atoms with Gasteiger partial charge in [0, 0.05) is 8.58 Å². The summed E-state index contributed by atoms with van der Waals surface area (Å²) in [7, 11) is 0.370. The Morgan fingerprint density at radius 1 is 0.889 bits per heavy atom. The van der Waals surface area contributed by atoms with Crippen molar-refractivity contribution in [2.24, 2.45) is 0 Å². The Balaban J connectivity index is 2.03. The summed E-state index contributed by atoms with van der Waals surface area (Å²) in [6.45, 7) is 6.88. The van der Waals surface area contributed by atoms with Gasteiger partial charge in [-0.05, 0) is 31.9 Å². The predicted molar refractivity (Wildman–Crippen MR) is 84.1 cm³/mol. The molecule has 0 aromatic heterocycles. The third kappa shape index (κ3) is 3.43. The number of rotatable bonds is 4. The van der Waals surface area contributed by atoms with Gasteiger partial charge in [-0.1, -0.05) is 60.2 Å². The number of hydrogen-bond acceptors (Lipinski definition) is 0. The van der Waals surface area contributed by atoms with E-state index in [2.05, 4.69) is 75.4 Å². The summed E-state index contributed by atoms with van der Waals surface area (Å²) in [5, 5.41) is 0.326. The van der Waals surface area contributed by atoms with E-state index in [4.69, 9.17) is 0 Å².